The Morgan fingerprint density at radius 2 is 2.00 bits per heavy atom. The minimum atomic E-state index is -2.95. The van der Waals surface area contributed by atoms with Gasteiger partial charge in [-0.1, -0.05) is 25.1 Å². The van der Waals surface area contributed by atoms with Gasteiger partial charge in [0.25, 0.3) is 0 Å². The summed E-state index contributed by atoms with van der Waals surface area (Å²) in [5.41, 5.74) is 3.11. The van der Waals surface area contributed by atoms with Crippen LogP contribution in [0.15, 0.2) is 30.3 Å². The van der Waals surface area contributed by atoms with Crippen LogP contribution in [0.4, 0.5) is 17.5 Å². The Morgan fingerprint density at radius 3 is 2.65 bits per heavy atom. The third kappa shape index (κ3) is 4.15. The van der Waals surface area contributed by atoms with Gasteiger partial charge in [0.1, 0.15) is 5.82 Å². The molecule has 1 atom stereocenters. The normalized spacial score (nSPS) is 18.7. The average molecular weight is 375 g/mol. The number of benzene rings is 1. The Labute approximate surface area is 155 Å². The van der Waals surface area contributed by atoms with Crippen molar-refractivity contribution in [1.29, 1.82) is 0 Å². The molecular formula is C19H26N4O2S. The molecule has 26 heavy (non-hydrogen) atoms. The summed E-state index contributed by atoms with van der Waals surface area (Å²) in [4.78, 5) is 11.2. The average Bonchev–Trinajstić information content (AvgIpc) is 2.95. The van der Waals surface area contributed by atoms with Gasteiger partial charge in [0.15, 0.2) is 9.84 Å². The van der Waals surface area contributed by atoms with Crippen LogP contribution in [-0.4, -0.2) is 42.5 Å². The summed E-state index contributed by atoms with van der Waals surface area (Å²) in [7, 11) is -2.95. The molecule has 1 unspecified atom stereocenters. The molecule has 1 fully saturated rings. The molecule has 1 aliphatic rings. The number of aromatic nitrogens is 2. The minimum Gasteiger partial charge on any atom is -0.340 e. The van der Waals surface area contributed by atoms with Gasteiger partial charge in [-0.3, -0.25) is 0 Å². The maximum Gasteiger partial charge on any atom is 0.227 e. The number of hydrogen-bond acceptors (Lipinski definition) is 6. The number of nitrogens with one attached hydrogen (secondary N) is 1. The molecule has 6 nitrogen and oxygen atoms in total. The molecular weight excluding hydrogens is 348 g/mol. The number of nitrogens with zero attached hydrogens (tertiary/aromatic N) is 3. The smallest absolute Gasteiger partial charge is 0.227 e. The van der Waals surface area contributed by atoms with E-state index in [4.69, 9.17) is 0 Å². The summed E-state index contributed by atoms with van der Waals surface area (Å²) >= 11 is 0. The van der Waals surface area contributed by atoms with Crippen LogP contribution in [0.5, 0.6) is 0 Å². The van der Waals surface area contributed by atoms with Crippen LogP contribution in [0.3, 0.4) is 0 Å². The van der Waals surface area contributed by atoms with Crippen LogP contribution >= 0.6 is 0 Å². The van der Waals surface area contributed by atoms with Gasteiger partial charge < -0.3 is 10.2 Å². The highest BCUT2D eigenvalue weighted by Crippen LogP contribution is 2.25. The fourth-order valence-corrected chi connectivity index (χ4v) is 5.15. The fourth-order valence-electron chi connectivity index (χ4n) is 3.42. The van der Waals surface area contributed by atoms with E-state index in [1.807, 2.05) is 43.0 Å². The molecule has 1 N–H and O–H groups in total. The number of aryl methyl sites for hydroxylation is 2. The highest BCUT2D eigenvalue weighted by Gasteiger charge is 2.33. The van der Waals surface area contributed by atoms with Crippen molar-refractivity contribution in [3.8, 4) is 0 Å². The van der Waals surface area contributed by atoms with Gasteiger partial charge >= 0.3 is 0 Å². The van der Waals surface area contributed by atoms with Crippen LogP contribution in [0.25, 0.3) is 0 Å². The zero-order valence-electron chi connectivity index (χ0n) is 15.6. The first-order valence-corrected chi connectivity index (χ1v) is 10.9. The Balaban J connectivity index is 1.89. The van der Waals surface area contributed by atoms with E-state index in [2.05, 4.69) is 28.3 Å². The number of sulfone groups is 1. The Bertz CT molecular complexity index is 883. The summed E-state index contributed by atoms with van der Waals surface area (Å²) in [6.07, 6.45) is 1.57. The van der Waals surface area contributed by atoms with E-state index < -0.39 is 9.84 Å². The van der Waals surface area contributed by atoms with E-state index in [9.17, 15) is 8.42 Å². The molecule has 1 aromatic heterocycles. The number of rotatable bonds is 6. The Kier molecular flexibility index (Phi) is 5.46. The Morgan fingerprint density at radius 1 is 1.23 bits per heavy atom. The van der Waals surface area contributed by atoms with Crippen LogP contribution < -0.4 is 10.2 Å². The van der Waals surface area contributed by atoms with Crippen molar-refractivity contribution in [3.05, 3.63) is 41.6 Å². The first-order chi connectivity index (χ1) is 12.4. The van der Waals surface area contributed by atoms with Crippen molar-refractivity contribution < 1.29 is 8.42 Å². The first kappa shape index (κ1) is 18.6. The van der Waals surface area contributed by atoms with Gasteiger partial charge in [-0.15, -0.1) is 0 Å². The lowest BCUT2D eigenvalue weighted by atomic mass is 10.1. The van der Waals surface area contributed by atoms with Gasteiger partial charge in [0, 0.05) is 30.0 Å². The molecule has 1 aromatic carbocycles. The van der Waals surface area contributed by atoms with Gasteiger partial charge in [0.05, 0.1) is 11.5 Å². The predicted molar refractivity (Wildman–Crippen MR) is 106 cm³/mol. The monoisotopic (exact) mass is 374 g/mol. The van der Waals surface area contributed by atoms with Gasteiger partial charge in [-0.25, -0.2) is 13.4 Å². The van der Waals surface area contributed by atoms with Gasteiger partial charge in [0.2, 0.25) is 5.95 Å². The van der Waals surface area contributed by atoms with Crippen molar-refractivity contribution in [1.82, 2.24) is 9.97 Å². The van der Waals surface area contributed by atoms with E-state index in [0.717, 1.165) is 23.6 Å². The third-order valence-corrected chi connectivity index (χ3v) is 6.50. The number of para-hydroxylation sites is 1. The largest absolute Gasteiger partial charge is 0.340 e. The van der Waals surface area contributed by atoms with E-state index in [1.165, 1.54) is 5.56 Å². The molecule has 0 saturated carbocycles. The molecule has 0 spiro atoms. The molecule has 7 heteroatoms. The molecule has 0 aliphatic carbocycles. The zero-order valence-corrected chi connectivity index (χ0v) is 16.4. The maximum absolute atomic E-state index is 11.9. The third-order valence-electron chi connectivity index (χ3n) is 4.75. The van der Waals surface area contributed by atoms with Crippen molar-refractivity contribution in [3.63, 3.8) is 0 Å². The molecule has 3 rings (SSSR count). The molecule has 0 amide bonds. The Hall–Kier alpha value is -2.15. The van der Waals surface area contributed by atoms with Gasteiger partial charge in [-0.05, 0) is 38.3 Å². The molecule has 0 bridgehead atoms. The standard InChI is InChI=1S/C19H26N4O2S/c1-4-15-8-6-7-9-17(15)21-18-12-14(3)20-19(22-18)23(5-2)16-10-11-26(24,25)13-16/h6-9,12,16H,4-5,10-11,13H2,1-3H3,(H,20,21,22). The summed E-state index contributed by atoms with van der Waals surface area (Å²) in [6, 6.07) is 10.0. The highest BCUT2D eigenvalue weighted by atomic mass is 32.2. The van der Waals surface area contributed by atoms with Crippen LogP contribution in [0.1, 0.15) is 31.5 Å². The van der Waals surface area contributed by atoms with Crippen molar-refractivity contribution >= 4 is 27.3 Å². The topological polar surface area (TPSA) is 75.2 Å². The van der Waals surface area contributed by atoms with E-state index in [-0.39, 0.29) is 17.5 Å². The van der Waals surface area contributed by atoms with Crippen LogP contribution in [-0.2, 0) is 16.3 Å². The van der Waals surface area contributed by atoms with Crippen LogP contribution in [0, 0.1) is 6.92 Å². The summed E-state index contributed by atoms with van der Waals surface area (Å²) in [6.45, 7) is 6.74. The van der Waals surface area contributed by atoms with E-state index >= 15 is 0 Å². The van der Waals surface area contributed by atoms with Crippen molar-refractivity contribution in [2.45, 2.75) is 39.7 Å². The number of hydrogen-bond donors (Lipinski definition) is 1. The molecule has 0 radical (unpaired) electrons. The summed E-state index contributed by atoms with van der Waals surface area (Å²) in [5, 5.41) is 3.39. The van der Waals surface area contributed by atoms with Crippen LogP contribution in [0.2, 0.25) is 0 Å². The lowest BCUT2D eigenvalue weighted by molar-refractivity contribution is 0.599. The SMILES string of the molecule is CCc1ccccc1Nc1cc(C)nc(N(CC)C2CCS(=O)(=O)C2)n1. The second kappa shape index (κ2) is 7.61. The molecule has 1 saturated heterocycles. The first-order valence-electron chi connectivity index (χ1n) is 9.09. The lowest BCUT2D eigenvalue weighted by Crippen LogP contribution is -2.37. The molecule has 2 aromatic rings. The molecule has 2 heterocycles. The lowest BCUT2D eigenvalue weighted by Gasteiger charge is -2.27. The fraction of sp³-hybridized carbons (Fsp3) is 0.474. The predicted octanol–water partition coefficient (Wildman–Crippen LogP) is 3.10. The van der Waals surface area contributed by atoms with E-state index in [0.29, 0.717) is 18.9 Å². The minimum absolute atomic E-state index is 0.0532. The molecule has 140 valence electrons. The van der Waals surface area contributed by atoms with Crippen molar-refractivity contribution in [2.24, 2.45) is 0 Å². The quantitative estimate of drug-likeness (QED) is 0.837. The summed E-state index contributed by atoms with van der Waals surface area (Å²) < 4.78 is 23.7. The highest BCUT2D eigenvalue weighted by molar-refractivity contribution is 7.91. The van der Waals surface area contributed by atoms with Gasteiger partial charge in [-0.2, -0.15) is 4.98 Å². The second-order valence-corrected chi connectivity index (χ2v) is 8.90. The summed E-state index contributed by atoms with van der Waals surface area (Å²) in [5.74, 6) is 1.74. The second-order valence-electron chi connectivity index (χ2n) is 6.67. The zero-order chi connectivity index (χ0) is 18.7. The van der Waals surface area contributed by atoms with Crippen molar-refractivity contribution in [2.75, 3.05) is 28.3 Å². The number of anilines is 3. The molecule has 1 aliphatic heterocycles. The maximum atomic E-state index is 11.9. The van der Waals surface area contributed by atoms with E-state index in [1.54, 1.807) is 0 Å².